The molecule has 0 aliphatic rings. The quantitative estimate of drug-likeness (QED) is 0.492. The van der Waals surface area contributed by atoms with Gasteiger partial charge in [0.15, 0.2) is 0 Å². The van der Waals surface area contributed by atoms with Crippen LogP contribution < -0.4 is 5.32 Å². The van der Waals surface area contributed by atoms with E-state index in [4.69, 9.17) is 4.74 Å². The predicted molar refractivity (Wildman–Crippen MR) is 71.5 cm³/mol. The lowest BCUT2D eigenvalue weighted by Gasteiger charge is -2.21. The van der Waals surface area contributed by atoms with E-state index >= 15 is 0 Å². The highest BCUT2D eigenvalue weighted by Gasteiger charge is 2.48. The molecule has 0 aromatic heterocycles. The third-order valence-corrected chi connectivity index (χ3v) is 2.67. The first-order valence-corrected chi connectivity index (χ1v) is 6.10. The number of rotatable bonds is 6. The summed E-state index contributed by atoms with van der Waals surface area (Å²) in [4.78, 5) is 22.3. The second-order valence-electron chi connectivity index (χ2n) is 4.85. The minimum Gasteiger partial charge on any atom is -0.458 e. The van der Waals surface area contributed by atoms with Crippen LogP contribution in [0.4, 0.5) is 10.1 Å². The van der Waals surface area contributed by atoms with Crippen LogP contribution in [-0.4, -0.2) is 29.1 Å². The van der Waals surface area contributed by atoms with Crippen molar-refractivity contribution in [3.05, 3.63) is 40.2 Å². The first-order chi connectivity index (χ1) is 9.25. The Bertz CT molecular complexity index is 490. The molecule has 6 nitrogen and oxygen atoms in total. The fourth-order valence-electron chi connectivity index (χ4n) is 1.39. The molecule has 110 valence electrons. The molecule has 1 N–H and O–H groups in total. The van der Waals surface area contributed by atoms with Gasteiger partial charge >= 0.3 is 11.5 Å². The van der Waals surface area contributed by atoms with Crippen molar-refractivity contribution in [3.63, 3.8) is 0 Å². The summed E-state index contributed by atoms with van der Waals surface area (Å²) in [5, 5.41) is 13.9. The Morgan fingerprint density at radius 1 is 1.45 bits per heavy atom. The van der Waals surface area contributed by atoms with Crippen LogP contribution in [0.25, 0.3) is 0 Å². The molecule has 0 fully saturated rings. The van der Waals surface area contributed by atoms with E-state index in [1.165, 1.54) is 31.2 Å². The largest absolute Gasteiger partial charge is 0.458 e. The Labute approximate surface area is 116 Å². The zero-order chi connectivity index (χ0) is 15.3. The van der Waals surface area contributed by atoms with Crippen molar-refractivity contribution in [3.8, 4) is 0 Å². The maximum atomic E-state index is 12.8. The summed E-state index contributed by atoms with van der Waals surface area (Å²) >= 11 is 0. The summed E-state index contributed by atoms with van der Waals surface area (Å²) in [5.41, 5.74) is -1.42. The summed E-state index contributed by atoms with van der Waals surface area (Å²) in [6.45, 7) is 4.17. The van der Waals surface area contributed by atoms with Gasteiger partial charge in [-0.15, -0.1) is 0 Å². The lowest BCUT2D eigenvalue weighted by atomic mass is 10.0. The van der Waals surface area contributed by atoms with Crippen LogP contribution >= 0.6 is 0 Å². The van der Waals surface area contributed by atoms with Crippen molar-refractivity contribution in [1.29, 1.82) is 0 Å². The van der Waals surface area contributed by atoms with Gasteiger partial charge in [-0.1, -0.05) is 0 Å². The first kappa shape index (κ1) is 15.9. The number of nitrogens with zero attached hydrogens (tertiary/aromatic N) is 1. The van der Waals surface area contributed by atoms with E-state index in [1.54, 1.807) is 13.8 Å². The first-order valence-electron chi connectivity index (χ1n) is 6.10. The lowest BCUT2D eigenvalue weighted by Crippen LogP contribution is -2.50. The minimum absolute atomic E-state index is 0.253. The number of anilines is 1. The van der Waals surface area contributed by atoms with Gasteiger partial charge in [-0.05, 0) is 38.1 Å². The van der Waals surface area contributed by atoms with Gasteiger partial charge in [0.1, 0.15) is 5.82 Å². The molecule has 1 aromatic rings. The van der Waals surface area contributed by atoms with Crippen LogP contribution in [0.1, 0.15) is 20.8 Å². The van der Waals surface area contributed by atoms with Crippen molar-refractivity contribution in [2.75, 3.05) is 11.9 Å². The third kappa shape index (κ3) is 3.91. The highest BCUT2D eigenvalue weighted by molar-refractivity contribution is 5.79. The summed E-state index contributed by atoms with van der Waals surface area (Å²) in [6.07, 6.45) is -0.437. The number of carbonyl (C=O) groups is 1. The number of carbonyl (C=O) groups excluding carboxylic acids is 1. The molecule has 1 rings (SSSR count). The van der Waals surface area contributed by atoms with E-state index in [0.717, 1.165) is 0 Å². The van der Waals surface area contributed by atoms with Crippen molar-refractivity contribution in [2.24, 2.45) is 0 Å². The molecule has 0 spiro atoms. The second kappa shape index (κ2) is 6.31. The average molecular weight is 284 g/mol. The number of hydrogen-bond donors (Lipinski definition) is 1. The van der Waals surface area contributed by atoms with Gasteiger partial charge in [0.2, 0.25) is 0 Å². The van der Waals surface area contributed by atoms with Gasteiger partial charge in [-0.3, -0.25) is 10.1 Å². The maximum Gasteiger partial charge on any atom is 0.386 e. The molecule has 0 amide bonds. The minimum atomic E-state index is -1.90. The zero-order valence-electron chi connectivity index (χ0n) is 11.6. The molecule has 7 heteroatoms. The Balaban J connectivity index is 2.79. The van der Waals surface area contributed by atoms with Crippen LogP contribution in [0.5, 0.6) is 0 Å². The second-order valence-corrected chi connectivity index (χ2v) is 4.85. The zero-order valence-corrected chi connectivity index (χ0v) is 11.6. The molecule has 0 radical (unpaired) electrons. The molecule has 20 heavy (non-hydrogen) atoms. The number of hydrogen-bond acceptors (Lipinski definition) is 5. The van der Waals surface area contributed by atoms with Gasteiger partial charge < -0.3 is 10.1 Å². The monoisotopic (exact) mass is 284 g/mol. The molecule has 0 aliphatic heterocycles. The maximum absolute atomic E-state index is 12.8. The van der Waals surface area contributed by atoms with E-state index in [1.807, 2.05) is 0 Å². The third-order valence-electron chi connectivity index (χ3n) is 2.67. The fourth-order valence-corrected chi connectivity index (χ4v) is 1.39. The summed E-state index contributed by atoms with van der Waals surface area (Å²) in [7, 11) is 0. The topological polar surface area (TPSA) is 81.5 Å². The van der Waals surface area contributed by atoms with E-state index in [9.17, 15) is 19.3 Å². The number of nitrogens with one attached hydrogen (secondary N) is 1. The number of benzene rings is 1. The molecule has 0 saturated carbocycles. The van der Waals surface area contributed by atoms with Crippen LogP contribution in [0.15, 0.2) is 24.3 Å². The molecule has 0 heterocycles. The molecule has 0 bridgehead atoms. The van der Waals surface area contributed by atoms with Crippen LogP contribution in [-0.2, 0) is 9.53 Å². The van der Waals surface area contributed by atoms with E-state index in [0.29, 0.717) is 5.69 Å². The van der Waals surface area contributed by atoms with E-state index in [-0.39, 0.29) is 6.54 Å². The smallest absolute Gasteiger partial charge is 0.386 e. The molecule has 1 aromatic carbocycles. The Morgan fingerprint density at radius 3 is 2.45 bits per heavy atom. The van der Waals surface area contributed by atoms with Crippen molar-refractivity contribution in [2.45, 2.75) is 32.4 Å². The van der Waals surface area contributed by atoms with Crippen LogP contribution in [0, 0.1) is 15.9 Å². The Hall–Kier alpha value is -2.18. The van der Waals surface area contributed by atoms with E-state index in [2.05, 4.69) is 5.32 Å². The molecular formula is C13H17FN2O4. The highest BCUT2D eigenvalue weighted by Crippen LogP contribution is 2.16. The average Bonchev–Trinajstić information content (AvgIpc) is 2.36. The fraction of sp³-hybridized carbons (Fsp3) is 0.462. The molecule has 1 unspecified atom stereocenters. The van der Waals surface area contributed by atoms with Gasteiger partial charge in [-0.25, -0.2) is 9.18 Å². The summed E-state index contributed by atoms with van der Waals surface area (Å²) in [6, 6.07) is 5.31. The van der Waals surface area contributed by atoms with Crippen molar-refractivity contribution < 1.29 is 18.8 Å². The van der Waals surface area contributed by atoms with Crippen molar-refractivity contribution >= 4 is 11.7 Å². The lowest BCUT2D eigenvalue weighted by molar-refractivity contribution is -0.547. The van der Waals surface area contributed by atoms with Gasteiger partial charge in [0.05, 0.1) is 12.6 Å². The van der Waals surface area contributed by atoms with E-state index < -0.39 is 28.4 Å². The number of esters is 1. The molecule has 1 atom stereocenters. The van der Waals surface area contributed by atoms with Gasteiger partial charge in [0.25, 0.3) is 0 Å². The summed E-state index contributed by atoms with van der Waals surface area (Å²) in [5.74, 6) is -1.32. The van der Waals surface area contributed by atoms with Gasteiger partial charge in [-0.2, -0.15) is 0 Å². The van der Waals surface area contributed by atoms with Gasteiger partial charge in [0, 0.05) is 17.5 Å². The Kier molecular flexibility index (Phi) is 5.01. The SMILES string of the molecule is CC(C)OC(=O)C(C)(CNc1ccc(F)cc1)[N+](=O)[O-]. The standard InChI is InChI=1S/C13H17FN2O4/c1-9(2)20-12(17)13(3,16(18)19)8-15-11-6-4-10(14)5-7-11/h4-7,9,15H,8H2,1-3H3. The number of nitro groups is 1. The Morgan fingerprint density at radius 2 is 2.00 bits per heavy atom. The highest BCUT2D eigenvalue weighted by atomic mass is 19.1. The normalized spacial score (nSPS) is 13.7. The molecule has 0 aliphatic carbocycles. The predicted octanol–water partition coefficient (Wildman–Crippen LogP) is 2.22. The van der Waals surface area contributed by atoms with Crippen molar-refractivity contribution in [1.82, 2.24) is 0 Å². The van der Waals surface area contributed by atoms with Crippen LogP contribution in [0.3, 0.4) is 0 Å². The number of ether oxygens (including phenoxy) is 1. The number of halogens is 1. The molecule has 0 saturated heterocycles. The summed E-state index contributed by atoms with van der Waals surface area (Å²) < 4.78 is 17.7. The van der Waals surface area contributed by atoms with Crippen LogP contribution in [0.2, 0.25) is 0 Å². The molecular weight excluding hydrogens is 267 g/mol.